The number of carboxylic acid groups (broad SMARTS) is 1. The van der Waals surface area contributed by atoms with Gasteiger partial charge in [-0.05, 0) is 52.3 Å². The third-order valence-electron chi connectivity index (χ3n) is 4.70. The van der Waals surface area contributed by atoms with E-state index in [9.17, 15) is 9.90 Å². The lowest BCUT2D eigenvalue weighted by molar-refractivity contribution is 0.0696. The Balaban J connectivity index is 1.93. The minimum atomic E-state index is -0.986. The third kappa shape index (κ3) is 4.02. The van der Waals surface area contributed by atoms with Crippen molar-refractivity contribution in [1.29, 1.82) is 0 Å². The number of likely N-dealkylation sites (tertiary alicyclic amines) is 1. The third-order valence-corrected chi connectivity index (χ3v) is 4.70. The van der Waals surface area contributed by atoms with E-state index in [1.165, 1.54) is 6.20 Å². The molecule has 1 saturated heterocycles. The van der Waals surface area contributed by atoms with E-state index in [4.69, 9.17) is 4.98 Å². The van der Waals surface area contributed by atoms with Crippen LogP contribution in [0.1, 0.15) is 54.5 Å². The average molecular weight is 340 g/mol. The van der Waals surface area contributed by atoms with E-state index in [0.717, 1.165) is 43.1 Å². The number of hydrogen-bond acceptors (Lipinski definition) is 5. The number of aromatic carboxylic acids is 1. The maximum atomic E-state index is 11.2. The standard InChI is InChI=1S/C19H24N4O2/c1-12(2)23-6-4-5-14(11-23)18-21-13(3)7-17(22-18)15-8-16(19(24)25)10-20-9-15/h7-10,12,14H,4-6,11H2,1-3H3,(H,24,25)/t14-/m0/s1. The van der Waals surface area contributed by atoms with Gasteiger partial charge in [0.25, 0.3) is 0 Å². The number of carboxylic acids is 1. The van der Waals surface area contributed by atoms with E-state index in [1.54, 1.807) is 12.3 Å². The first-order valence-electron chi connectivity index (χ1n) is 8.72. The van der Waals surface area contributed by atoms with Gasteiger partial charge in [0.1, 0.15) is 5.82 Å². The van der Waals surface area contributed by atoms with Crippen LogP contribution in [-0.2, 0) is 0 Å². The summed E-state index contributed by atoms with van der Waals surface area (Å²) in [6.45, 7) is 8.47. The van der Waals surface area contributed by atoms with E-state index < -0.39 is 5.97 Å². The number of nitrogens with zero attached hydrogens (tertiary/aromatic N) is 4. The van der Waals surface area contributed by atoms with Gasteiger partial charge in [-0.1, -0.05) is 0 Å². The van der Waals surface area contributed by atoms with Gasteiger partial charge in [0.15, 0.2) is 0 Å². The Morgan fingerprint density at radius 1 is 1.28 bits per heavy atom. The molecule has 6 heteroatoms. The van der Waals surface area contributed by atoms with Gasteiger partial charge in [-0.2, -0.15) is 0 Å². The zero-order valence-corrected chi connectivity index (χ0v) is 14.9. The topological polar surface area (TPSA) is 79.2 Å². The molecule has 0 bridgehead atoms. The van der Waals surface area contributed by atoms with Crippen molar-refractivity contribution < 1.29 is 9.90 Å². The van der Waals surface area contributed by atoms with E-state index in [2.05, 4.69) is 28.7 Å². The zero-order valence-electron chi connectivity index (χ0n) is 14.9. The van der Waals surface area contributed by atoms with Crippen molar-refractivity contribution in [2.24, 2.45) is 0 Å². The Morgan fingerprint density at radius 3 is 2.80 bits per heavy atom. The molecule has 1 N–H and O–H groups in total. The Kier molecular flexibility index (Phi) is 5.08. The highest BCUT2D eigenvalue weighted by molar-refractivity contribution is 5.88. The maximum absolute atomic E-state index is 11.2. The van der Waals surface area contributed by atoms with E-state index in [1.807, 2.05) is 13.0 Å². The maximum Gasteiger partial charge on any atom is 0.337 e. The second-order valence-electron chi connectivity index (χ2n) is 6.95. The summed E-state index contributed by atoms with van der Waals surface area (Å²) in [6, 6.07) is 4.01. The minimum absolute atomic E-state index is 0.166. The number of aryl methyl sites for hydroxylation is 1. The molecule has 1 aliphatic rings. The highest BCUT2D eigenvalue weighted by Crippen LogP contribution is 2.28. The average Bonchev–Trinajstić information content (AvgIpc) is 2.61. The van der Waals surface area contributed by atoms with Gasteiger partial charge in [-0.25, -0.2) is 14.8 Å². The lowest BCUT2D eigenvalue weighted by Crippen LogP contribution is -2.39. The predicted molar refractivity (Wildman–Crippen MR) is 95.6 cm³/mol. The predicted octanol–water partition coefficient (Wildman–Crippen LogP) is 3.13. The molecule has 132 valence electrons. The zero-order chi connectivity index (χ0) is 18.0. The van der Waals surface area contributed by atoms with Crippen molar-refractivity contribution >= 4 is 5.97 Å². The van der Waals surface area contributed by atoms with Crippen LogP contribution in [0.25, 0.3) is 11.3 Å². The van der Waals surface area contributed by atoms with Gasteiger partial charge in [0, 0.05) is 42.2 Å². The van der Waals surface area contributed by atoms with Crippen LogP contribution >= 0.6 is 0 Å². The number of rotatable bonds is 4. The summed E-state index contributed by atoms with van der Waals surface area (Å²) < 4.78 is 0. The van der Waals surface area contributed by atoms with Crippen molar-refractivity contribution in [3.05, 3.63) is 41.6 Å². The van der Waals surface area contributed by atoms with Crippen LogP contribution < -0.4 is 0 Å². The lowest BCUT2D eigenvalue weighted by atomic mass is 9.96. The monoisotopic (exact) mass is 340 g/mol. The molecule has 2 aromatic rings. The second-order valence-corrected chi connectivity index (χ2v) is 6.95. The number of hydrogen-bond donors (Lipinski definition) is 1. The quantitative estimate of drug-likeness (QED) is 0.921. The molecule has 0 aromatic carbocycles. The molecule has 2 aromatic heterocycles. The van der Waals surface area contributed by atoms with Crippen molar-refractivity contribution in [3.63, 3.8) is 0 Å². The fourth-order valence-corrected chi connectivity index (χ4v) is 3.31. The first kappa shape index (κ1) is 17.5. The first-order valence-corrected chi connectivity index (χ1v) is 8.72. The van der Waals surface area contributed by atoms with Crippen LogP contribution in [0.5, 0.6) is 0 Å². The molecule has 6 nitrogen and oxygen atoms in total. The summed E-state index contributed by atoms with van der Waals surface area (Å²) in [7, 11) is 0. The first-order chi connectivity index (χ1) is 11.9. The summed E-state index contributed by atoms with van der Waals surface area (Å²) in [6.07, 6.45) is 5.23. The van der Waals surface area contributed by atoms with Gasteiger partial charge in [-0.3, -0.25) is 4.98 Å². The molecule has 0 aliphatic carbocycles. The van der Waals surface area contributed by atoms with Crippen LogP contribution in [-0.4, -0.2) is 50.1 Å². The minimum Gasteiger partial charge on any atom is -0.478 e. The van der Waals surface area contributed by atoms with Crippen LogP contribution in [0.4, 0.5) is 0 Å². The molecular formula is C19H24N4O2. The highest BCUT2D eigenvalue weighted by Gasteiger charge is 2.25. The molecule has 0 amide bonds. The Bertz CT molecular complexity index is 776. The number of pyridine rings is 1. The van der Waals surface area contributed by atoms with Gasteiger partial charge in [0.2, 0.25) is 0 Å². The summed E-state index contributed by atoms with van der Waals surface area (Å²) in [5, 5.41) is 9.17. The van der Waals surface area contributed by atoms with Crippen LogP contribution in [0.2, 0.25) is 0 Å². The summed E-state index contributed by atoms with van der Waals surface area (Å²) >= 11 is 0. The second kappa shape index (κ2) is 7.27. The van der Waals surface area contributed by atoms with Crippen LogP contribution in [0.3, 0.4) is 0 Å². The molecule has 0 unspecified atom stereocenters. The molecule has 1 atom stereocenters. The molecule has 0 spiro atoms. The fourth-order valence-electron chi connectivity index (χ4n) is 3.31. The highest BCUT2D eigenvalue weighted by atomic mass is 16.4. The van der Waals surface area contributed by atoms with E-state index in [0.29, 0.717) is 17.5 Å². The van der Waals surface area contributed by atoms with Gasteiger partial charge in [-0.15, -0.1) is 0 Å². The Hall–Kier alpha value is -2.34. The lowest BCUT2D eigenvalue weighted by Gasteiger charge is -2.34. The summed E-state index contributed by atoms with van der Waals surface area (Å²) in [5.41, 5.74) is 2.50. The summed E-state index contributed by atoms with van der Waals surface area (Å²) in [4.78, 5) is 27.1. The summed E-state index contributed by atoms with van der Waals surface area (Å²) in [5.74, 6) is 0.173. The van der Waals surface area contributed by atoms with Crippen molar-refractivity contribution in [2.45, 2.75) is 45.6 Å². The van der Waals surface area contributed by atoms with Crippen LogP contribution in [0, 0.1) is 6.92 Å². The normalized spacial score (nSPS) is 18.5. The van der Waals surface area contributed by atoms with E-state index in [-0.39, 0.29) is 5.56 Å². The van der Waals surface area contributed by atoms with Crippen molar-refractivity contribution in [1.82, 2.24) is 19.9 Å². The molecule has 1 aliphatic heterocycles. The smallest absolute Gasteiger partial charge is 0.337 e. The largest absolute Gasteiger partial charge is 0.478 e. The molecule has 3 heterocycles. The number of piperidine rings is 1. The molecule has 25 heavy (non-hydrogen) atoms. The van der Waals surface area contributed by atoms with Crippen molar-refractivity contribution in [2.75, 3.05) is 13.1 Å². The van der Waals surface area contributed by atoms with Gasteiger partial charge >= 0.3 is 5.97 Å². The van der Waals surface area contributed by atoms with Crippen molar-refractivity contribution in [3.8, 4) is 11.3 Å². The SMILES string of the molecule is Cc1cc(-c2cncc(C(=O)O)c2)nc([C@H]2CCCN(C(C)C)C2)n1. The van der Waals surface area contributed by atoms with Gasteiger partial charge < -0.3 is 10.0 Å². The Labute approximate surface area is 148 Å². The van der Waals surface area contributed by atoms with Gasteiger partial charge in [0.05, 0.1) is 11.3 Å². The van der Waals surface area contributed by atoms with E-state index >= 15 is 0 Å². The number of carbonyl (C=O) groups is 1. The molecule has 3 rings (SSSR count). The molecule has 0 radical (unpaired) electrons. The molecular weight excluding hydrogens is 316 g/mol. The molecule has 1 fully saturated rings. The Morgan fingerprint density at radius 2 is 2.08 bits per heavy atom. The number of aromatic nitrogens is 3. The molecule has 0 saturated carbocycles. The fraction of sp³-hybridized carbons (Fsp3) is 0.474. The van der Waals surface area contributed by atoms with Crippen LogP contribution in [0.15, 0.2) is 24.5 Å².